The summed E-state index contributed by atoms with van der Waals surface area (Å²) in [6, 6.07) is 60.8. The normalized spacial score (nSPS) is 11.3. The topological polar surface area (TPSA) is 6.48 Å². The highest BCUT2D eigenvalue weighted by atomic mass is 32.1. The fourth-order valence-corrected chi connectivity index (χ4v) is 7.23. The van der Waals surface area contributed by atoms with Gasteiger partial charge in [0.25, 0.3) is 0 Å². The van der Waals surface area contributed by atoms with Gasteiger partial charge in [0.05, 0.1) is 11.4 Å². The molecule has 0 saturated carbocycles. The molecule has 8 aromatic rings. The molecule has 7 aromatic carbocycles. The van der Waals surface area contributed by atoms with E-state index in [-0.39, 0.29) is 0 Å². The van der Waals surface area contributed by atoms with Gasteiger partial charge in [0.2, 0.25) is 0 Å². The van der Waals surface area contributed by atoms with Crippen LogP contribution in [-0.4, -0.2) is 0 Å². The van der Waals surface area contributed by atoms with Crippen LogP contribution in [0.1, 0.15) is 0 Å². The molecule has 0 aliphatic carbocycles. The Morgan fingerprint density at radius 1 is 0.349 bits per heavy atom. The minimum atomic E-state index is 1.11. The highest BCUT2D eigenvalue weighted by Crippen LogP contribution is 2.50. The van der Waals surface area contributed by atoms with E-state index in [2.05, 4.69) is 180 Å². The van der Waals surface area contributed by atoms with Crippen molar-refractivity contribution in [2.75, 3.05) is 9.80 Å². The maximum Gasteiger partial charge on any atom is 0.0716 e. The number of fused-ring (bicyclic) bond motifs is 5. The van der Waals surface area contributed by atoms with Crippen molar-refractivity contribution < 1.29 is 0 Å². The minimum Gasteiger partial charge on any atom is -0.308 e. The number of benzene rings is 7. The van der Waals surface area contributed by atoms with Crippen LogP contribution in [0.4, 0.5) is 34.1 Å². The zero-order valence-electron chi connectivity index (χ0n) is 23.5. The molecule has 0 spiro atoms. The van der Waals surface area contributed by atoms with E-state index < -0.39 is 0 Å². The van der Waals surface area contributed by atoms with Gasteiger partial charge in [-0.05, 0) is 77.5 Å². The molecule has 0 N–H and O–H groups in total. The summed E-state index contributed by atoms with van der Waals surface area (Å²) in [5.74, 6) is 0. The molecule has 0 bridgehead atoms. The zero-order valence-corrected chi connectivity index (χ0v) is 24.3. The summed E-state index contributed by atoms with van der Waals surface area (Å²) in [6.07, 6.45) is 0. The Bertz CT molecular complexity index is 2090. The molecule has 3 heteroatoms. The van der Waals surface area contributed by atoms with E-state index in [4.69, 9.17) is 0 Å². The fourth-order valence-electron chi connectivity index (χ4n) is 6.09. The predicted molar refractivity (Wildman–Crippen MR) is 186 cm³/mol. The number of rotatable bonds is 6. The van der Waals surface area contributed by atoms with Gasteiger partial charge in [-0.25, -0.2) is 0 Å². The van der Waals surface area contributed by atoms with Crippen molar-refractivity contribution in [1.29, 1.82) is 0 Å². The second-order valence-corrected chi connectivity index (χ2v) is 11.7. The van der Waals surface area contributed by atoms with E-state index >= 15 is 0 Å². The third kappa shape index (κ3) is 4.51. The first-order valence-electron chi connectivity index (χ1n) is 14.5. The molecule has 0 amide bonds. The summed E-state index contributed by atoms with van der Waals surface area (Å²) in [6.45, 7) is 0. The average molecular weight is 569 g/mol. The third-order valence-corrected chi connectivity index (χ3v) is 9.11. The first-order chi connectivity index (χ1) is 21.3. The zero-order chi connectivity index (χ0) is 28.6. The van der Waals surface area contributed by atoms with Crippen LogP contribution in [0.5, 0.6) is 0 Å². The molecule has 0 fully saturated rings. The van der Waals surface area contributed by atoms with Crippen molar-refractivity contribution in [1.82, 2.24) is 0 Å². The molecule has 204 valence electrons. The maximum atomic E-state index is 2.41. The van der Waals surface area contributed by atoms with Crippen molar-refractivity contribution in [2.45, 2.75) is 0 Å². The Kier molecular flexibility index (Phi) is 6.36. The van der Waals surface area contributed by atoms with E-state index in [0.717, 1.165) is 34.1 Å². The number of para-hydroxylation sites is 4. The van der Waals surface area contributed by atoms with Crippen LogP contribution >= 0.6 is 11.3 Å². The quantitative estimate of drug-likeness (QED) is 0.197. The van der Waals surface area contributed by atoms with Gasteiger partial charge in [0.1, 0.15) is 0 Å². The minimum absolute atomic E-state index is 1.11. The van der Waals surface area contributed by atoms with Crippen LogP contribution < -0.4 is 9.80 Å². The lowest BCUT2D eigenvalue weighted by Crippen LogP contribution is -2.16. The first-order valence-corrected chi connectivity index (χ1v) is 15.4. The molecule has 0 atom stereocenters. The lowest BCUT2D eigenvalue weighted by atomic mass is 10.0. The molecule has 0 aliphatic heterocycles. The Morgan fingerprint density at radius 3 is 1.30 bits per heavy atom. The van der Waals surface area contributed by atoms with Crippen LogP contribution in [0.3, 0.4) is 0 Å². The molecule has 0 aliphatic rings. The van der Waals surface area contributed by atoms with Crippen LogP contribution in [-0.2, 0) is 0 Å². The average Bonchev–Trinajstić information content (AvgIpc) is 3.45. The highest BCUT2D eigenvalue weighted by Gasteiger charge is 2.24. The van der Waals surface area contributed by atoms with Crippen molar-refractivity contribution in [3.8, 4) is 0 Å². The third-order valence-electron chi connectivity index (χ3n) is 8.00. The second kappa shape index (κ2) is 10.8. The molecule has 0 unspecified atom stereocenters. The predicted octanol–water partition coefficient (Wildman–Crippen LogP) is 12.1. The summed E-state index contributed by atoms with van der Waals surface area (Å²) < 4.78 is 2.57. The van der Waals surface area contributed by atoms with E-state index in [0.29, 0.717) is 0 Å². The Morgan fingerprint density at radius 2 is 0.791 bits per heavy atom. The van der Waals surface area contributed by atoms with Gasteiger partial charge in [-0.1, -0.05) is 103 Å². The van der Waals surface area contributed by atoms with Crippen molar-refractivity contribution in [3.63, 3.8) is 0 Å². The summed E-state index contributed by atoms with van der Waals surface area (Å²) in [7, 11) is 0. The van der Waals surface area contributed by atoms with Gasteiger partial charge in [0, 0.05) is 42.9 Å². The highest BCUT2D eigenvalue weighted by molar-refractivity contribution is 7.26. The van der Waals surface area contributed by atoms with Crippen LogP contribution in [0.15, 0.2) is 170 Å². The summed E-state index contributed by atoms with van der Waals surface area (Å²) in [5.41, 5.74) is 6.68. The van der Waals surface area contributed by atoms with Gasteiger partial charge in [-0.3, -0.25) is 0 Å². The molecule has 1 aromatic heterocycles. The van der Waals surface area contributed by atoms with Crippen LogP contribution in [0.25, 0.3) is 30.9 Å². The molecule has 1 heterocycles. The lowest BCUT2D eigenvalue weighted by molar-refractivity contribution is 1.23. The van der Waals surface area contributed by atoms with Gasteiger partial charge >= 0.3 is 0 Å². The number of hydrogen-bond donors (Lipinski definition) is 0. The van der Waals surface area contributed by atoms with Gasteiger partial charge in [-0.15, -0.1) is 11.3 Å². The SMILES string of the molecule is c1ccc(N(c2ccccc2)c2cc3sc4ccc5ccccc5c4c3cc2N(c2ccccc2)c2ccccc2)cc1. The first kappa shape index (κ1) is 25.3. The largest absolute Gasteiger partial charge is 0.308 e. The number of hydrogen-bond acceptors (Lipinski definition) is 3. The molecule has 43 heavy (non-hydrogen) atoms. The Labute approximate surface area is 255 Å². The van der Waals surface area contributed by atoms with Crippen molar-refractivity contribution in [3.05, 3.63) is 170 Å². The van der Waals surface area contributed by atoms with E-state index in [1.807, 2.05) is 11.3 Å². The summed E-state index contributed by atoms with van der Waals surface area (Å²) in [4.78, 5) is 4.78. The molecular weight excluding hydrogens is 541 g/mol. The standard InChI is InChI=1S/C40H28N2S/c1-5-16-30(17-6-1)41(31-18-7-2-8-19-31)36-27-35-39(43-38-26-25-29-15-13-14-24-34(29)40(35)38)28-37(36)42(32-20-9-3-10-21-32)33-22-11-4-12-23-33/h1-28H. The van der Waals surface area contributed by atoms with Gasteiger partial charge in [-0.2, -0.15) is 0 Å². The molecule has 2 nitrogen and oxygen atoms in total. The lowest BCUT2D eigenvalue weighted by Gasteiger charge is -2.33. The number of nitrogens with zero attached hydrogens (tertiary/aromatic N) is 2. The fraction of sp³-hybridized carbons (Fsp3) is 0. The van der Waals surface area contributed by atoms with Crippen molar-refractivity contribution in [2.24, 2.45) is 0 Å². The van der Waals surface area contributed by atoms with E-state index in [9.17, 15) is 0 Å². The number of anilines is 6. The van der Waals surface area contributed by atoms with Gasteiger partial charge < -0.3 is 9.80 Å². The molecule has 8 rings (SSSR count). The monoisotopic (exact) mass is 568 g/mol. The smallest absolute Gasteiger partial charge is 0.0716 e. The van der Waals surface area contributed by atoms with Crippen molar-refractivity contribution >= 4 is 76.4 Å². The molecule has 0 saturated heterocycles. The summed E-state index contributed by atoms with van der Waals surface area (Å²) >= 11 is 1.87. The molecule has 0 radical (unpaired) electrons. The van der Waals surface area contributed by atoms with Crippen LogP contribution in [0, 0.1) is 0 Å². The van der Waals surface area contributed by atoms with Gasteiger partial charge in [0.15, 0.2) is 0 Å². The Balaban J connectivity index is 1.51. The Hall–Kier alpha value is -5.38. The molecular formula is C40H28N2S. The summed E-state index contributed by atoms with van der Waals surface area (Å²) in [5, 5.41) is 5.14. The second-order valence-electron chi connectivity index (χ2n) is 10.6. The van der Waals surface area contributed by atoms with Crippen LogP contribution in [0.2, 0.25) is 0 Å². The van der Waals surface area contributed by atoms with E-state index in [1.165, 1.54) is 30.9 Å². The maximum absolute atomic E-state index is 2.41. The van der Waals surface area contributed by atoms with E-state index in [1.54, 1.807) is 0 Å². The number of thiophene rings is 1.